The summed E-state index contributed by atoms with van der Waals surface area (Å²) in [6, 6.07) is 0. The maximum Gasteiger partial charge on any atom is 0.400 e. The molecule has 0 fully saturated rings. The van der Waals surface area contributed by atoms with Crippen molar-refractivity contribution in [3.05, 3.63) is 31.5 Å². The number of rotatable bonds is 10. The first-order valence-corrected chi connectivity index (χ1v) is 10.6. The molecule has 0 aliphatic carbocycles. The Balaban J connectivity index is 2.74. The fraction of sp³-hybridized carbons (Fsp3) is 0.733. The standard InChI is InChI=1S/C15H24BrF2N2O5P/c1-10(2)24-26(23,25-11(3)4)15(17,18)7-5-6-8-20-9-12(16)13(21)19-14(20)22/h9-11H,5-8H2,1-4H3,(H,19,21,22). The molecule has 0 aromatic carbocycles. The van der Waals surface area contributed by atoms with Crippen molar-refractivity contribution in [1.29, 1.82) is 0 Å². The third-order valence-electron chi connectivity index (χ3n) is 3.19. The van der Waals surface area contributed by atoms with Gasteiger partial charge >= 0.3 is 18.9 Å². The van der Waals surface area contributed by atoms with Gasteiger partial charge in [0.05, 0.1) is 16.7 Å². The first-order chi connectivity index (χ1) is 11.9. The number of unbranched alkanes of at least 4 members (excludes halogenated alkanes) is 1. The zero-order chi connectivity index (χ0) is 20.1. The van der Waals surface area contributed by atoms with Crippen LogP contribution in [0.1, 0.15) is 47.0 Å². The van der Waals surface area contributed by atoms with Crippen molar-refractivity contribution in [2.45, 2.75) is 71.4 Å². The lowest BCUT2D eigenvalue weighted by atomic mass is 10.2. The van der Waals surface area contributed by atoms with E-state index in [0.29, 0.717) is 0 Å². The summed E-state index contributed by atoms with van der Waals surface area (Å²) in [5.41, 5.74) is -4.82. The van der Waals surface area contributed by atoms with Gasteiger partial charge in [-0.25, -0.2) is 4.79 Å². The highest BCUT2D eigenvalue weighted by Gasteiger charge is 2.53. The number of H-pyrrole nitrogens is 1. The summed E-state index contributed by atoms with van der Waals surface area (Å²) in [6.07, 6.45) is -0.553. The van der Waals surface area contributed by atoms with Crippen LogP contribution < -0.4 is 11.2 Å². The number of aromatic amines is 1. The Morgan fingerprint density at radius 1 is 1.19 bits per heavy atom. The van der Waals surface area contributed by atoms with Gasteiger partial charge in [0, 0.05) is 19.2 Å². The number of alkyl halides is 2. The maximum absolute atomic E-state index is 14.5. The van der Waals surface area contributed by atoms with E-state index >= 15 is 0 Å². The minimum Gasteiger partial charge on any atom is -0.302 e. The van der Waals surface area contributed by atoms with E-state index in [4.69, 9.17) is 9.05 Å². The molecule has 0 amide bonds. The Hall–Kier alpha value is -0.830. The van der Waals surface area contributed by atoms with Gasteiger partial charge in [-0.15, -0.1) is 0 Å². The Morgan fingerprint density at radius 3 is 2.23 bits per heavy atom. The molecule has 0 unspecified atom stereocenters. The van der Waals surface area contributed by atoms with Gasteiger partial charge in [-0.05, 0) is 56.5 Å². The summed E-state index contributed by atoms with van der Waals surface area (Å²) in [7, 11) is -4.63. The lowest BCUT2D eigenvalue weighted by molar-refractivity contribution is 0.0122. The van der Waals surface area contributed by atoms with E-state index in [1.54, 1.807) is 0 Å². The second-order valence-electron chi connectivity index (χ2n) is 6.36. The minimum atomic E-state index is -4.63. The number of aromatic nitrogens is 2. The summed E-state index contributed by atoms with van der Waals surface area (Å²) >= 11 is 3.00. The van der Waals surface area contributed by atoms with Crippen LogP contribution in [0.5, 0.6) is 0 Å². The van der Waals surface area contributed by atoms with Gasteiger partial charge in [-0.3, -0.25) is 18.9 Å². The van der Waals surface area contributed by atoms with Crippen molar-refractivity contribution in [1.82, 2.24) is 9.55 Å². The van der Waals surface area contributed by atoms with Crippen LogP contribution in [0.3, 0.4) is 0 Å². The van der Waals surface area contributed by atoms with E-state index < -0.39 is 43.1 Å². The predicted molar refractivity (Wildman–Crippen MR) is 97.9 cm³/mol. The van der Waals surface area contributed by atoms with Crippen LogP contribution in [0.4, 0.5) is 8.78 Å². The number of nitrogens with one attached hydrogen (secondary N) is 1. The quantitative estimate of drug-likeness (QED) is 0.419. The molecule has 0 spiro atoms. The third kappa shape index (κ3) is 6.40. The molecule has 0 bridgehead atoms. The lowest BCUT2D eigenvalue weighted by Gasteiger charge is -2.29. The van der Waals surface area contributed by atoms with E-state index in [9.17, 15) is 22.9 Å². The molecule has 11 heteroatoms. The average molecular weight is 461 g/mol. The second-order valence-corrected chi connectivity index (χ2v) is 9.28. The molecule has 26 heavy (non-hydrogen) atoms. The van der Waals surface area contributed by atoms with E-state index in [0.717, 1.165) is 0 Å². The van der Waals surface area contributed by atoms with E-state index in [1.807, 2.05) is 0 Å². The molecule has 150 valence electrons. The lowest BCUT2D eigenvalue weighted by Crippen LogP contribution is -2.30. The van der Waals surface area contributed by atoms with Gasteiger partial charge in [0.1, 0.15) is 0 Å². The average Bonchev–Trinajstić information content (AvgIpc) is 2.46. The Kier molecular flexibility index (Phi) is 8.38. The normalized spacial score (nSPS) is 13.0. The molecule has 0 saturated carbocycles. The number of hydrogen-bond donors (Lipinski definition) is 1. The first kappa shape index (κ1) is 23.2. The van der Waals surface area contributed by atoms with E-state index in [-0.39, 0.29) is 23.9 Å². The monoisotopic (exact) mass is 460 g/mol. The van der Waals surface area contributed by atoms with Crippen molar-refractivity contribution >= 4 is 23.5 Å². The Morgan fingerprint density at radius 2 is 1.73 bits per heavy atom. The van der Waals surface area contributed by atoms with Crippen LogP contribution in [0, 0.1) is 0 Å². The number of aryl methyl sites for hydroxylation is 1. The van der Waals surface area contributed by atoms with Crippen LogP contribution in [-0.4, -0.2) is 27.4 Å². The van der Waals surface area contributed by atoms with Gasteiger partial charge in [0.15, 0.2) is 0 Å². The molecule has 1 aromatic heterocycles. The second kappa shape index (κ2) is 9.39. The topological polar surface area (TPSA) is 90.4 Å². The van der Waals surface area contributed by atoms with Crippen molar-refractivity contribution in [3.8, 4) is 0 Å². The van der Waals surface area contributed by atoms with Gasteiger partial charge in [0.25, 0.3) is 5.56 Å². The molecule has 0 radical (unpaired) electrons. The van der Waals surface area contributed by atoms with E-state index in [1.165, 1.54) is 38.5 Å². The molecule has 0 aliphatic rings. The van der Waals surface area contributed by atoms with Gasteiger partial charge in [-0.2, -0.15) is 8.78 Å². The van der Waals surface area contributed by atoms with Crippen molar-refractivity contribution in [3.63, 3.8) is 0 Å². The number of nitrogens with zero attached hydrogens (tertiary/aromatic N) is 1. The van der Waals surface area contributed by atoms with Crippen LogP contribution in [0.15, 0.2) is 20.3 Å². The molecular formula is C15H24BrF2N2O5P. The van der Waals surface area contributed by atoms with Crippen LogP contribution >= 0.6 is 23.5 Å². The largest absolute Gasteiger partial charge is 0.400 e. The third-order valence-corrected chi connectivity index (χ3v) is 6.18. The van der Waals surface area contributed by atoms with Gasteiger partial charge in [0.2, 0.25) is 0 Å². The summed E-state index contributed by atoms with van der Waals surface area (Å²) < 4.78 is 52.8. The summed E-state index contributed by atoms with van der Waals surface area (Å²) in [6.45, 7) is 6.16. The molecule has 0 atom stereocenters. The predicted octanol–water partition coefficient (Wildman–Crippen LogP) is 4.11. The van der Waals surface area contributed by atoms with Crippen LogP contribution in [0.2, 0.25) is 0 Å². The molecule has 1 N–H and O–H groups in total. The molecule has 7 nitrogen and oxygen atoms in total. The molecule has 0 saturated heterocycles. The van der Waals surface area contributed by atoms with Crippen molar-refractivity contribution in [2.24, 2.45) is 0 Å². The number of halogens is 3. The summed E-state index contributed by atoms with van der Waals surface area (Å²) in [5, 5.41) is 0. The fourth-order valence-corrected chi connectivity index (χ4v) is 4.39. The molecule has 0 aliphatic heterocycles. The smallest absolute Gasteiger partial charge is 0.302 e. The highest BCUT2D eigenvalue weighted by molar-refractivity contribution is 9.10. The van der Waals surface area contributed by atoms with Crippen LogP contribution in [0.25, 0.3) is 0 Å². The Labute approximate surface area is 158 Å². The van der Waals surface area contributed by atoms with Gasteiger partial charge in [-0.1, -0.05) is 0 Å². The molecule has 1 rings (SSSR count). The SMILES string of the molecule is CC(C)OP(=O)(OC(C)C)C(F)(F)CCCCn1cc(Br)c(=O)[nH]c1=O. The molecule has 1 aromatic rings. The first-order valence-electron chi connectivity index (χ1n) is 8.22. The van der Waals surface area contributed by atoms with Crippen molar-refractivity contribution in [2.75, 3.05) is 0 Å². The zero-order valence-electron chi connectivity index (χ0n) is 15.1. The molecular weight excluding hydrogens is 437 g/mol. The maximum atomic E-state index is 14.5. The van der Waals surface area contributed by atoms with E-state index in [2.05, 4.69) is 20.9 Å². The number of hydrogen-bond acceptors (Lipinski definition) is 5. The van der Waals surface area contributed by atoms with Gasteiger partial charge < -0.3 is 9.05 Å². The summed E-state index contributed by atoms with van der Waals surface area (Å²) in [4.78, 5) is 25.0. The summed E-state index contributed by atoms with van der Waals surface area (Å²) in [5.74, 6) is 0. The molecule has 1 heterocycles. The fourth-order valence-electron chi connectivity index (χ4n) is 2.14. The van der Waals surface area contributed by atoms with Crippen molar-refractivity contribution < 1.29 is 22.4 Å². The Bertz CT molecular complexity index is 749. The highest BCUT2D eigenvalue weighted by Crippen LogP contribution is 2.65. The highest BCUT2D eigenvalue weighted by atomic mass is 79.9. The van der Waals surface area contributed by atoms with Crippen LogP contribution in [-0.2, 0) is 20.2 Å². The zero-order valence-corrected chi connectivity index (χ0v) is 17.6. The minimum absolute atomic E-state index is 0.0108.